The number of benzene rings is 1. The average Bonchev–Trinajstić information content (AvgIpc) is 2.41. The molecule has 0 aliphatic carbocycles. The molecule has 1 saturated heterocycles. The number of hydrogen-bond donors (Lipinski definition) is 0. The fourth-order valence-electron chi connectivity index (χ4n) is 3.00. The van der Waals surface area contributed by atoms with Gasteiger partial charge in [0.2, 0.25) is 0 Å². The van der Waals surface area contributed by atoms with Crippen molar-refractivity contribution in [2.24, 2.45) is 0 Å². The molecule has 0 N–H and O–H groups in total. The third-order valence-corrected chi connectivity index (χ3v) is 6.03. The highest BCUT2D eigenvalue weighted by Gasteiger charge is 2.34. The maximum absolute atomic E-state index is 13.4. The lowest BCUT2D eigenvalue weighted by Crippen LogP contribution is -2.33. The van der Waals surface area contributed by atoms with Crippen molar-refractivity contribution in [3.8, 4) is 6.07 Å². The summed E-state index contributed by atoms with van der Waals surface area (Å²) in [7, 11) is -0.876. The van der Waals surface area contributed by atoms with E-state index in [4.69, 9.17) is 5.26 Å². The van der Waals surface area contributed by atoms with E-state index in [1.165, 1.54) is 0 Å². The molecule has 0 saturated carbocycles. The van der Waals surface area contributed by atoms with Crippen molar-refractivity contribution in [2.45, 2.75) is 36.2 Å². The summed E-state index contributed by atoms with van der Waals surface area (Å²) in [6, 6.07) is 3.94. The maximum Gasteiger partial charge on any atom is 0.160 e. The summed E-state index contributed by atoms with van der Waals surface area (Å²) in [5.74, 6) is -1.96. The zero-order chi connectivity index (χ0) is 14.3. The molecule has 20 heavy (non-hydrogen) atoms. The molecule has 3 unspecified atom stereocenters. The molecule has 1 aromatic carbocycles. The van der Waals surface area contributed by atoms with Crippen LogP contribution in [0, 0.1) is 23.0 Å². The van der Waals surface area contributed by atoms with Crippen LogP contribution in [-0.4, -0.2) is 14.7 Å². The predicted molar refractivity (Wildman–Crippen MR) is 73.2 cm³/mol. The molecule has 2 aliphatic heterocycles. The van der Waals surface area contributed by atoms with Crippen LogP contribution in [0.1, 0.15) is 36.8 Å². The second-order valence-electron chi connectivity index (χ2n) is 5.24. The standard InChI is InChI=1S/C15H13F2NOS/c16-14-6-10(8-18)13(7-15(14)17)9-4-11-2-1-3-12(5-9)20(11)19/h4,6-7,11-12H,1-3,5H2. The van der Waals surface area contributed by atoms with Crippen LogP contribution in [0.4, 0.5) is 8.78 Å². The van der Waals surface area contributed by atoms with Gasteiger partial charge in [-0.2, -0.15) is 5.26 Å². The second kappa shape index (κ2) is 5.10. The summed E-state index contributed by atoms with van der Waals surface area (Å²) in [4.78, 5) is 0. The molecule has 0 amide bonds. The molecule has 0 spiro atoms. The van der Waals surface area contributed by atoms with Gasteiger partial charge in [-0.25, -0.2) is 8.78 Å². The largest absolute Gasteiger partial charge is 0.259 e. The highest BCUT2D eigenvalue weighted by atomic mass is 32.2. The number of allylic oxidation sites excluding steroid dienone is 1. The van der Waals surface area contributed by atoms with Gasteiger partial charge in [0.05, 0.1) is 16.9 Å². The van der Waals surface area contributed by atoms with Crippen LogP contribution in [0.25, 0.3) is 5.57 Å². The lowest BCUT2D eigenvalue weighted by atomic mass is 9.91. The minimum absolute atomic E-state index is 0.0165. The molecule has 0 radical (unpaired) electrons. The van der Waals surface area contributed by atoms with Crippen molar-refractivity contribution in [3.05, 3.63) is 41.0 Å². The molecule has 3 rings (SSSR count). The molecule has 5 heteroatoms. The first-order valence-electron chi connectivity index (χ1n) is 6.59. The van der Waals surface area contributed by atoms with Crippen LogP contribution < -0.4 is 0 Å². The van der Waals surface area contributed by atoms with Gasteiger partial charge < -0.3 is 0 Å². The molecule has 2 bridgehead atoms. The van der Waals surface area contributed by atoms with Crippen LogP contribution in [-0.2, 0) is 10.8 Å². The average molecular weight is 293 g/mol. The van der Waals surface area contributed by atoms with Gasteiger partial charge >= 0.3 is 0 Å². The summed E-state index contributed by atoms with van der Waals surface area (Å²) < 4.78 is 38.8. The third-order valence-electron chi connectivity index (χ3n) is 4.00. The first-order valence-corrected chi connectivity index (χ1v) is 7.87. The van der Waals surface area contributed by atoms with Crippen molar-refractivity contribution < 1.29 is 13.0 Å². The lowest BCUT2D eigenvalue weighted by molar-refractivity contribution is 0.507. The van der Waals surface area contributed by atoms with Crippen LogP contribution in [0.3, 0.4) is 0 Å². The first-order chi connectivity index (χ1) is 9.60. The van der Waals surface area contributed by atoms with Crippen LogP contribution in [0.5, 0.6) is 0 Å². The van der Waals surface area contributed by atoms with E-state index < -0.39 is 22.4 Å². The highest BCUT2D eigenvalue weighted by molar-refractivity contribution is 7.86. The van der Waals surface area contributed by atoms with E-state index in [1.54, 1.807) is 0 Å². The Labute approximate surface area is 118 Å². The van der Waals surface area contributed by atoms with Crippen molar-refractivity contribution >= 4 is 16.4 Å². The van der Waals surface area contributed by atoms with Crippen molar-refractivity contribution in [1.82, 2.24) is 0 Å². The number of halogens is 2. The van der Waals surface area contributed by atoms with Crippen LogP contribution >= 0.6 is 0 Å². The number of hydrogen-bond acceptors (Lipinski definition) is 2. The molecule has 0 aromatic heterocycles. The van der Waals surface area contributed by atoms with E-state index >= 15 is 0 Å². The van der Waals surface area contributed by atoms with E-state index in [0.717, 1.165) is 37.0 Å². The Balaban J connectivity index is 2.08. The zero-order valence-corrected chi connectivity index (χ0v) is 11.6. The molecule has 104 valence electrons. The summed E-state index contributed by atoms with van der Waals surface area (Å²) in [5, 5.41) is 9.15. The van der Waals surface area contributed by atoms with Gasteiger partial charge in [-0.1, -0.05) is 12.5 Å². The number of nitriles is 1. The Morgan fingerprint density at radius 3 is 2.70 bits per heavy atom. The number of nitrogens with zero attached hydrogens (tertiary/aromatic N) is 1. The van der Waals surface area contributed by atoms with E-state index in [-0.39, 0.29) is 16.1 Å². The SMILES string of the molecule is N#Cc1cc(F)c(F)cc1C1=CC2CCCC(C1)S2=O. The third kappa shape index (κ3) is 2.18. The fraction of sp³-hybridized carbons (Fsp3) is 0.400. The monoisotopic (exact) mass is 293 g/mol. The smallest absolute Gasteiger partial charge is 0.160 e. The lowest BCUT2D eigenvalue weighted by Gasteiger charge is -2.33. The molecular weight excluding hydrogens is 280 g/mol. The van der Waals surface area contributed by atoms with E-state index in [2.05, 4.69) is 0 Å². The minimum atomic E-state index is -1.01. The summed E-state index contributed by atoms with van der Waals surface area (Å²) in [6.07, 6.45) is 5.26. The molecule has 1 aromatic rings. The zero-order valence-electron chi connectivity index (χ0n) is 10.7. The van der Waals surface area contributed by atoms with Gasteiger partial charge in [-0.15, -0.1) is 0 Å². The minimum Gasteiger partial charge on any atom is -0.259 e. The topological polar surface area (TPSA) is 40.9 Å². The van der Waals surface area contributed by atoms with Gasteiger partial charge in [0.25, 0.3) is 0 Å². The summed E-state index contributed by atoms with van der Waals surface area (Å²) in [5.41, 5.74) is 1.41. The Hall–Kier alpha value is -1.54. The fourth-order valence-corrected chi connectivity index (χ4v) is 4.94. The maximum atomic E-state index is 13.4. The number of rotatable bonds is 1. The first kappa shape index (κ1) is 13.4. The van der Waals surface area contributed by atoms with Crippen molar-refractivity contribution in [2.75, 3.05) is 0 Å². The summed E-state index contributed by atoms with van der Waals surface area (Å²) in [6.45, 7) is 0. The Morgan fingerprint density at radius 1 is 1.25 bits per heavy atom. The summed E-state index contributed by atoms with van der Waals surface area (Å²) >= 11 is 0. The predicted octanol–water partition coefficient (Wildman–Crippen LogP) is 3.29. The second-order valence-corrected chi connectivity index (χ2v) is 7.17. The molecule has 2 nitrogen and oxygen atoms in total. The normalized spacial score (nSPS) is 28.6. The molecule has 1 fully saturated rings. The van der Waals surface area contributed by atoms with Crippen molar-refractivity contribution in [1.29, 1.82) is 5.26 Å². The molecular formula is C15H13F2NOS. The quantitative estimate of drug-likeness (QED) is 0.797. The molecule has 2 aliphatic rings. The van der Waals surface area contributed by atoms with Crippen LogP contribution in [0.15, 0.2) is 18.2 Å². The van der Waals surface area contributed by atoms with Gasteiger partial charge in [-0.05, 0) is 42.5 Å². The Bertz CT molecular complexity index is 663. The van der Waals surface area contributed by atoms with Gasteiger partial charge in [0.15, 0.2) is 11.6 Å². The highest BCUT2D eigenvalue weighted by Crippen LogP contribution is 2.38. The number of fused-ring (bicyclic) bond motifs is 2. The molecule has 2 heterocycles. The Kier molecular flexibility index (Phi) is 3.43. The van der Waals surface area contributed by atoms with E-state index in [1.807, 2.05) is 12.1 Å². The van der Waals surface area contributed by atoms with Crippen LogP contribution in [0.2, 0.25) is 0 Å². The van der Waals surface area contributed by atoms with Crippen molar-refractivity contribution in [3.63, 3.8) is 0 Å². The molecule has 3 atom stereocenters. The van der Waals surface area contributed by atoms with Gasteiger partial charge in [0, 0.05) is 16.0 Å². The van der Waals surface area contributed by atoms with E-state index in [0.29, 0.717) is 12.0 Å². The van der Waals surface area contributed by atoms with E-state index in [9.17, 15) is 13.0 Å². The Morgan fingerprint density at radius 2 is 2.00 bits per heavy atom. The van der Waals surface area contributed by atoms with Gasteiger partial charge in [0.1, 0.15) is 0 Å². The van der Waals surface area contributed by atoms with Gasteiger partial charge in [-0.3, -0.25) is 4.21 Å².